The van der Waals surface area contributed by atoms with Gasteiger partial charge in [-0.3, -0.25) is 0 Å². The van der Waals surface area contributed by atoms with Crippen LogP contribution in [0.15, 0.2) is 18.2 Å². The van der Waals surface area contributed by atoms with E-state index in [1.165, 1.54) is 19.1 Å². The van der Waals surface area contributed by atoms with Gasteiger partial charge in [-0.25, -0.2) is 18.4 Å². The summed E-state index contributed by atoms with van der Waals surface area (Å²) < 4.78 is 25.9. The standard InChI is InChI=1S/C14H18F2N2O3/c1-3-14(2,12(19)20)18-13(21)17-5-4-9-6-10(15)8-11(16)7-9/h6-8H,3-5H2,1-2H3,(H,19,20)(H2,17,18,21). The summed E-state index contributed by atoms with van der Waals surface area (Å²) in [5, 5.41) is 13.8. The second-order valence-electron chi connectivity index (χ2n) is 4.90. The summed E-state index contributed by atoms with van der Waals surface area (Å²) in [6.45, 7) is 3.18. The van der Waals surface area contributed by atoms with Crippen molar-refractivity contribution in [2.24, 2.45) is 0 Å². The quantitative estimate of drug-likeness (QED) is 0.752. The van der Waals surface area contributed by atoms with Gasteiger partial charge in [0.15, 0.2) is 0 Å². The Labute approximate surface area is 121 Å². The van der Waals surface area contributed by atoms with Gasteiger partial charge in [0, 0.05) is 12.6 Å². The van der Waals surface area contributed by atoms with Gasteiger partial charge in [0.2, 0.25) is 0 Å². The molecule has 0 fully saturated rings. The van der Waals surface area contributed by atoms with Crippen molar-refractivity contribution in [3.63, 3.8) is 0 Å². The molecule has 0 saturated carbocycles. The number of carboxylic acid groups (broad SMARTS) is 1. The van der Waals surface area contributed by atoms with Crippen LogP contribution in [0.1, 0.15) is 25.8 Å². The fourth-order valence-corrected chi connectivity index (χ4v) is 1.66. The molecule has 1 rings (SSSR count). The van der Waals surface area contributed by atoms with Crippen molar-refractivity contribution in [2.75, 3.05) is 6.54 Å². The summed E-state index contributed by atoms with van der Waals surface area (Å²) in [5.41, 5.74) is -0.945. The number of hydrogen-bond acceptors (Lipinski definition) is 2. The number of benzene rings is 1. The van der Waals surface area contributed by atoms with Gasteiger partial charge in [0.1, 0.15) is 17.2 Å². The minimum absolute atomic E-state index is 0.133. The number of carbonyl (C=O) groups excluding carboxylic acids is 1. The molecule has 0 bridgehead atoms. The van der Waals surface area contributed by atoms with Crippen molar-refractivity contribution in [3.05, 3.63) is 35.4 Å². The Bertz CT molecular complexity index is 517. The van der Waals surface area contributed by atoms with Crippen LogP contribution in [0.5, 0.6) is 0 Å². The number of halogens is 2. The Morgan fingerprint density at radius 2 is 1.81 bits per heavy atom. The lowest BCUT2D eigenvalue weighted by Crippen LogP contribution is -2.55. The van der Waals surface area contributed by atoms with E-state index in [0.717, 1.165) is 6.07 Å². The van der Waals surface area contributed by atoms with Crippen LogP contribution >= 0.6 is 0 Å². The summed E-state index contributed by atoms with van der Waals surface area (Å²) >= 11 is 0. The molecule has 0 saturated heterocycles. The molecular weight excluding hydrogens is 282 g/mol. The zero-order chi connectivity index (χ0) is 16.0. The van der Waals surface area contributed by atoms with E-state index < -0.39 is 29.2 Å². The molecular formula is C14H18F2N2O3. The largest absolute Gasteiger partial charge is 0.480 e. The average Bonchev–Trinajstić information content (AvgIpc) is 2.37. The van der Waals surface area contributed by atoms with Crippen LogP contribution in [0.25, 0.3) is 0 Å². The van der Waals surface area contributed by atoms with E-state index >= 15 is 0 Å². The second kappa shape index (κ2) is 7.01. The summed E-state index contributed by atoms with van der Waals surface area (Å²) in [4.78, 5) is 22.6. The van der Waals surface area contributed by atoms with Gasteiger partial charge in [-0.2, -0.15) is 0 Å². The second-order valence-corrected chi connectivity index (χ2v) is 4.90. The zero-order valence-electron chi connectivity index (χ0n) is 11.9. The van der Waals surface area contributed by atoms with E-state index in [1.54, 1.807) is 6.92 Å². The molecule has 0 aromatic heterocycles. The van der Waals surface area contributed by atoms with Gasteiger partial charge >= 0.3 is 12.0 Å². The number of aliphatic carboxylic acids is 1. The molecule has 1 aromatic rings. The topological polar surface area (TPSA) is 78.4 Å². The Morgan fingerprint density at radius 3 is 2.29 bits per heavy atom. The maximum absolute atomic E-state index is 13.0. The average molecular weight is 300 g/mol. The van der Waals surface area contributed by atoms with Crippen molar-refractivity contribution < 1.29 is 23.5 Å². The number of carbonyl (C=O) groups is 2. The molecule has 116 valence electrons. The van der Waals surface area contributed by atoms with E-state index in [1.807, 2.05) is 0 Å². The van der Waals surface area contributed by atoms with Crippen LogP contribution < -0.4 is 10.6 Å². The van der Waals surface area contributed by atoms with Crippen LogP contribution in [0.3, 0.4) is 0 Å². The third kappa shape index (κ3) is 5.02. The lowest BCUT2D eigenvalue weighted by Gasteiger charge is -2.24. The highest BCUT2D eigenvalue weighted by Crippen LogP contribution is 2.09. The molecule has 1 aromatic carbocycles. The van der Waals surface area contributed by atoms with Gasteiger partial charge in [-0.15, -0.1) is 0 Å². The van der Waals surface area contributed by atoms with Gasteiger partial charge in [0.05, 0.1) is 0 Å². The van der Waals surface area contributed by atoms with E-state index in [2.05, 4.69) is 10.6 Å². The summed E-state index contributed by atoms with van der Waals surface area (Å²) in [7, 11) is 0. The molecule has 1 atom stereocenters. The monoisotopic (exact) mass is 300 g/mol. The Morgan fingerprint density at radius 1 is 1.24 bits per heavy atom. The number of rotatable bonds is 6. The van der Waals surface area contributed by atoms with Crippen molar-refractivity contribution in [1.82, 2.24) is 10.6 Å². The van der Waals surface area contributed by atoms with E-state index in [4.69, 9.17) is 5.11 Å². The SMILES string of the molecule is CCC(C)(NC(=O)NCCc1cc(F)cc(F)c1)C(=O)O. The number of amides is 2. The van der Waals surface area contributed by atoms with Crippen LogP contribution in [0.2, 0.25) is 0 Å². The summed E-state index contributed by atoms with van der Waals surface area (Å²) in [6, 6.07) is 2.48. The lowest BCUT2D eigenvalue weighted by molar-refractivity contribution is -0.143. The molecule has 1 unspecified atom stereocenters. The highest BCUT2D eigenvalue weighted by molar-refractivity contribution is 5.85. The van der Waals surface area contributed by atoms with Gasteiger partial charge in [-0.05, 0) is 37.5 Å². The minimum Gasteiger partial charge on any atom is -0.480 e. The maximum Gasteiger partial charge on any atom is 0.329 e. The van der Waals surface area contributed by atoms with Gasteiger partial charge in [-0.1, -0.05) is 6.92 Å². The number of carboxylic acids is 1. The van der Waals surface area contributed by atoms with Crippen LogP contribution in [0, 0.1) is 11.6 Å². The fraction of sp³-hybridized carbons (Fsp3) is 0.429. The van der Waals surface area contributed by atoms with Crippen molar-refractivity contribution in [2.45, 2.75) is 32.2 Å². The first kappa shape index (κ1) is 16.9. The Balaban J connectivity index is 2.48. The summed E-state index contributed by atoms with van der Waals surface area (Å²) in [5.74, 6) is -2.50. The number of urea groups is 1. The normalized spacial score (nSPS) is 13.3. The first-order valence-electron chi connectivity index (χ1n) is 6.51. The third-order valence-electron chi connectivity index (χ3n) is 3.19. The molecule has 7 heteroatoms. The number of hydrogen-bond donors (Lipinski definition) is 3. The van der Waals surface area contributed by atoms with E-state index in [-0.39, 0.29) is 19.4 Å². The summed E-state index contributed by atoms with van der Waals surface area (Å²) in [6.07, 6.45) is 0.461. The first-order chi connectivity index (χ1) is 9.76. The van der Waals surface area contributed by atoms with Crippen LogP contribution in [0.4, 0.5) is 13.6 Å². The molecule has 0 aliphatic heterocycles. The molecule has 0 aliphatic carbocycles. The highest BCUT2D eigenvalue weighted by atomic mass is 19.1. The first-order valence-corrected chi connectivity index (χ1v) is 6.51. The van der Waals surface area contributed by atoms with Crippen molar-refractivity contribution in [1.29, 1.82) is 0 Å². The third-order valence-corrected chi connectivity index (χ3v) is 3.19. The molecule has 3 N–H and O–H groups in total. The van der Waals surface area contributed by atoms with Gasteiger partial charge < -0.3 is 15.7 Å². The lowest BCUT2D eigenvalue weighted by atomic mass is 10.00. The van der Waals surface area contributed by atoms with Crippen molar-refractivity contribution >= 4 is 12.0 Å². The van der Waals surface area contributed by atoms with Crippen LogP contribution in [-0.4, -0.2) is 29.2 Å². The molecule has 2 amide bonds. The number of nitrogens with one attached hydrogen (secondary N) is 2. The minimum atomic E-state index is -1.35. The fourth-order valence-electron chi connectivity index (χ4n) is 1.66. The Kier molecular flexibility index (Phi) is 5.63. The van der Waals surface area contributed by atoms with E-state index in [0.29, 0.717) is 5.56 Å². The van der Waals surface area contributed by atoms with Gasteiger partial charge in [0.25, 0.3) is 0 Å². The molecule has 0 radical (unpaired) electrons. The molecule has 0 aliphatic rings. The molecule has 21 heavy (non-hydrogen) atoms. The van der Waals surface area contributed by atoms with Crippen LogP contribution in [-0.2, 0) is 11.2 Å². The predicted octanol–water partition coefficient (Wildman–Crippen LogP) is 2.06. The zero-order valence-corrected chi connectivity index (χ0v) is 11.9. The maximum atomic E-state index is 13.0. The van der Waals surface area contributed by atoms with Crippen molar-refractivity contribution in [3.8, 4) is 0 Å². The highest BCUT2D eigenvalue weighted by Gasteiger charge is 2.32. The molecule has 0 spiro atoms. The Hall–Kier alpha value is -2.18. The predicted molar refractivity (Wildman–Crippen MR) is 72.9 cm³/mol. The smallest absolute Gasteiger partial charge is 0.329 e. The molecule has 5 nitrogen and oxygen atoms in total. The van der Waals surface area contributed by atoms with E-state index in [9.17, 15) is 18.4 Å². The molecule has 0 heterocycles.